The second-order valence-corrected chi connectivity index (χ2v) is 11.6. The number of aromatic amines is 1. The highest BCUT2D eigenvalue weighted by Gasteiger charge is 2.69. The number of imide groups is 1. The number of fused-ring (bicyclic) bond motifs is 2. The van der Waals surface area contributed by atoms with Crippen molar-refractivity contribution in [3.8, 4) is 5.75 Å². The quantitative estimate of drug-likeness (QED) is 0.231. The van der Waals surface area contributed by atoms with Gasteiger partial charge in [0, 0.05) is 29.6 Å². The SMILES string of the molecule is CCc1cccc(CC)c1N1C(=O)C2C(c3cc(C)c(O)c(C)c3)NC(Cc3c[nH]c4ccccc34)(C(=O)O)C2C1=O. The number of H-pyrrole nitrogens is 1. The van der Waals surface area contributed by atoms with Gasteiger partial charge >= 0.3 is 5.97 Å². The largest absolute Gasteiger partial charge is 0.507 e. The van der Waals surface area contributed by atoms with Gasteiger partial charge in [0.1, 0.15) is 11.3 Å². The Morgan fingerprint density at radius 2 is 1.57 bits per heavy atom. The molecule has 6 rings (SSSR count). The number of carboxylic acids is 1. The highest BCUT2D eigenvalue weighted by molar-refractivity contribution is 6.25. The molecule has 0 aliphatic carbocycles. The van der Waals surface area contributed by atoms with E-state index in [0.29, 0.717) is 35.2 Å². The van der Waals surface area contributed by atoms with Crippen molar-refractivity contribution < 1.29 is 24.6 Å². The van der Waals surface area contributed by atoms with Crippen LogP contribution in [0.2, 0.25) is 0 Å². The maximum absolute atomic E-state index is 14.6. The highest BCUT2D eigenvalue weighted by Crippen LogP contribution is 2.52. The summed E-state index contributed by atoms with van der Waals surface area (Å²) < 4.78 is 0. The number of phenols is 1. The van der Waals surface area contributed by atoms with Crippen molar-refractivity contribution in [3.63, 3.8) is 0 Å². The summed E-state index contributed by atoms with van der Waals surface area (Å²) in [6.45, 7) is 7.51. The molecule has 2 amide bonds. The van der Waals surface area contributed by atoms with E-state index >= 15 is 0 Å². The zero-order valence-corrected chi connectivity index (χ0v) is 24.2. The van der Waals surface area contributed by atoms with Crippen LogP contribution in [0.3, 0.4) is 0 Å². The third-order valence-electron chi connectivity index (χ3n) is 9.24. The van der Waals surface area contributed by atoms with Gasteiger partial charge in [0.25, 0.3) is 0 Å². The zero-order valence-electron chi connectivity index (χ0n) is 24.2. The van der Waals surface area contributed by atoms with Gasteiger partial charge < -0.3 is 15.2 Å². The van der Waals surface area contributed by atoms with E-state index < -0.39 is 41.2 Å². The molecule has 0 spiro atoms. The molecule has 216 valence electrons. The number of nitrogens with zero attached hydrogens (tertiary/aromatic N) is 1. The van der Waals surface area contributed by atoms with Gasteiger partial charge in [0.15, 0.2) is 0 Å². The molecule has 2 aliphatic rings. The summed E-state index contributed by atoms with van der Waals surface area (Å²) in [5, 5.41) is 25.6. The molecule has 2 fully saturated rings. The number of nitrogens with one attached hydrogen (secondary N) is 2. The van der Waals surface area contributed by atoms with Crippen molar-refractivity contribution in [2.24, 2.45) is 11.8 Å². The normalized spacial score (nSPS) is 23.6. The molecule has 4 aromatic rings. The summed E-state index contributed by atoms with van der Waals surface area (Å²) >= 11 is 0. The van der Waals surface area contributed by atoms with Crippen LogP contribution in [0.1, 0.15) is 53.3 Å². The van der Waals surface area contributed by atoms with Gasteiger partial charge in [0.2, 0.25) is 11.8 Å². The molecule has 2 saturated heterocycles. The maximum atomic E-state index is 14.6. The van der Waals surface area contributed by atoms with Crippen molar-refractivity contribution in [1.29, 1.82) is 0 Å². The molecular formula is C34H35N3O5. The van der Waals surface area contributed by atoms with Crippen LogP contribution in [0, 0.1) is 25.7 Å². The number of carbonyl (C=O) groups is 3. The minimum absolute atomic E-state index is 0.00296. The van der Waals surface area contributed by atoms with Crippen LogP contribution in [0.4, 0.5) is 5.69 Å². The third-order valence-corrected chi connectivity index (χ3v) is 9.24. The number of rotatable bonds is 7. The standard InChI is InChI=1S/C34H35N3O5/c1-5-20-10-9-11-21(6-2)29(20)37-31(39)26-27(32(37)40)34(33(41)42,16-23-17-35-25-13-8-7-12-24(23)25)36-28(26)22-14-18(3)30(38)19(4)15-22/h7-15,17,26-28,35-36,38H,5-6,16H2,1-4H3,(H,41,42). The lowest BCUT2D eigenvalue weighted by atomic mass is 9.76. The molecule has 8 nitrogen and oxygen atoms in total. The number of para-hydroxylation sites is 2. The molecular weight excluding hydrogens is 530 g/mol. The van der Waals surface area contributed by atoms with Gasteiger partial charge in [0.05, 0.1) is 17.5 Å². The van der Waals surface area contributed by atoms with Crippen LogP contribution in [-0.2, 0) is 33.6 Å². The maximum Gasteiger partial charge on any atom is 0.325 e. The first kappa shape index (κ1) is 27.7. The van der Waals surface area contributed by atoms with E-state index in [1.54, 1.807) is 32.2 Å². The molecule has 4 N–H and O–H groups in total. The molecule has 1 aromatic heterocycles. The number of aryl methyl sites for hydroxylation is 4. The number of carbonyl (C=O) groups excluding carboxylic acids is 2. The van der Waals surface area contributed by atoms with E-state index in [2.05, 4.69) is 10.3 Å². The Kier molecular flexibility index (Phi) is 6.69. The first-order valence-electron chi connectivity index (χ1n) is 14.5. The van der Waals surface area contributed by atoms with Crippen LogP contribution in [0.15, 0.2) is 60.8 Å². The van der Waals surface area contributed by atoms with Crippen LogP contribution in [-0.4, -0.2) is 38.5 Å². The lowest BCUT2D eigenvalue weighted by Gasteiger charge is -2.32. The summed E-state index contributed by atoms with van der Waals surface area (Å²) in [6, 6.07) is 16.2. The summed E-state index contributed by atoms with van der Waals surface area (Å²) in [7, 11) is 0. The fraction of sp³-hybridized carbons (Fsp3) is 0.324. The average molecular weight is 566 g/mol. The smallest absolute Gasteiger partial charge is 0.325 e. The van der Waals surface area contributed by atoms with Gasteiger partial charge in [-0.1, -0.05) is 62.4 Å². The minimum atomic E-state index is -1.75. The summed E-state index contributed by atoms with van der Waals surface area (Å²) in [5.41, 5.74) is 4.08. The number of aromatic hydroxyl groups is 1. The number of carboxylic acid groups (broad SMARTS) is 1. The minimum Gasteiger partial charge on any atom is -0.507 e. The molecule has 4 unspecified atom stereocenters. The first-order chi connectivity index (χ1) is 20.1. The number of benzene rings is 3. The number of aliphatic carboxylic acids is 1. The molecule has 8 heteroatoms. The monoisotopic (exact) mass is 565 g/mol. The number of hydrogen-bond acceptors (Lipinski definition) is 5. The fourth-order valence-electron chi connectivity index (χ4n) is 7.19. The molecule has 3 heterocycles. The van der Waals surface area contributed by atoms with Gasteiger partial charge in [-0.25, -0.2) is 4.90 Å². The topological polar surface area (TPSA) is 123 Å². The van der Waals surface area contributed by atoms with E-state index in [4.69, 9.17) is 0 Å². The molecule has 0 radical (unpaired) electrons. The van der Waals surface area contributed by atoms with Crippen molar-refractivity contribution in [2.75, 3.05) is 4.90 Å². The highest BCUT2D eigenvalue weighted by atomic mass is 16.4. The number of anilines is 1. The Bertz CT molecular complexity index is 1710. The first-order valence-corrected chi connectivity index (χ1v) is 14.5. The molecule has 0 saturated carbocycles. The number of hydrogen-bond donors (Lipinski definition) is 4. The van der Waals surface area contributed by atoms with E-state index in [-0.39, 0.29) is 12.2 Å². The average Bonchev–Trinajstić information content (AvgIpc) is 3.63. The molecule has 4 atom stereocenters. The molecule has 0 bridgehead atoms. The number of amides is 2. The van der Waals surface area contributed by atoms with E-state index in [1.165, 1.54) is 4.90 Å². The summed E-state index contributed by atoms with van der Waals surface area (Å²) in [4.78, 5) is 47.0. The van der Waals surface area contributed by atoms with Gasteiger partial charge in [-0.2, -0.15) is 0 Å². The predicted octanol–water partition coefficient (Wildman–Crippen LogP) is 5.13. The van der Waals surface area contributed by atoms with Crippen LogP contribution in [0.5, 0.6) is 5.75 Å². The van der Waals surface area contributed by atoms with Crippen molar-refractivity contribution in [3.05, 3.63) is 94.2 Å². The van der Waals surface area contributed by atoms with Crippen molar-refractivity contribution >= 4 is 34.4 Å². The number of aromatic nitrogens is 1. The Labute approximate surface area is 244 Å². The Balaban J connectivity index is 1.56. The van der Waals surface area contributed by atoms with Crippen molar-refractivity contribution in [2.45, 2.75) is 58.5 Å². The van der Waals surface area contributed by atoms with Crippen LogP contribution >= 0.6 is 0 Å². The predicted molar refractivity (Wildman–Crippen MR) is 160 cm³/mol. The second-order valence-electron chi connectivity index (χ2n) is 11.6. The van der Waals surface area contributed by atoms with E-state index in [9.17, 15) is 24.6 Å². The van der Waals surface area contributed by atoms with Gasteiger partial charge in [-0.05, 0) is 66.1 Å². The molecule has 42 heavy (non-hydrogen) atoms. The Hall–Kier alpha value is -4.43. The Morgan fingerprint density at radius 3 is 2.19 bits per heavy atom. The lowest BCUT2D eigenvalue weighted by Crippen LogP contribution is -2.57. The van der Waals surface area contributed by atoms with Gasteiger partial charge in [-0.15, -0.1) is 0 Å². The third kappa shape index (κ3) is 3.96. The summed E-state index contributed by atoms with van der Waals surface area (Å²) in [5.74, 6) is -4.02. The van der Waals surface area contributed by atoms with E-state index in [0.717, 1.165) is 27.6 Å². The Morgan fingerprint density at radius 1 is 0.929 bits per heavy atom. The fourth-order valence-corrected chi connectivity index (χ4v) is 7.19. The summed E-state index contributed by atoms with van der Waals surface area (Å²) in [6.07, 6.45) is 3.03. The van der Waals surface area contributed by atoms with Crippen LogP contribution < -0.4 is 10.2 Å². The number of phenolic OH excluding ortho intramolecular Hbond substituents is 1. The lowest BCUT2D eigenvalue weighted by molar-refractivity contribution is -0.148. The van der Waals surface area contributed by atoms with Gasteiger partial charge in [-0.3, -0.25) is 19.7 Å². The second kappa shape index (κ2) is 10.1. The van der Waals surface area contributed by atoms with E-state index in [1.807, 2.05) is 56.3 Å². The molecule has 2 aliphatic heterocycles. The van der Waals surface area contributed by atoms with Crippen molar-refractivity contribution in [1.82, 2.24) is 10.3 Å². The zero-order chi connectivity index (χ0) is 29.9. The van der Waals surface area contributed by atoms with Crippen LogP contribution in [0.25, 0.3) is 10.9 Å². The molecule has 3 aromatic carbocycles.